The molecular weight excluding hydrogens is 230 g/mol. The van der Waals surface area contributed by atoms with Crippen molar-refractivity contribution in [3.63, 3.8) is 0 Å². The highest BCUT2D eigenvalue weighted by Gasteiger charge is 2.24. The van der Waals surface area contributed by atoms with Crippen LogP contribution in [0.3, 0.4) is 0 Å². The van der Waals surface area contributed by atoms with Crippen molar-refractivity contribution >= 4 is 11.6 Å². The second-order valence-corrected chi connectivity index (χ2v) is 6.14. The van der Waals surface area contributed by atoms with Gasteiger partial charge in [-0.05, 0) is 48.5 Å². The fourth-order valence-electron chi connectivity index (χ4n) is 1.95. The van der Waals surface area contributed by atoms with Gasteiger partial charge in [0.2, 0.25) is 0 Å². The Labute approximate surface area is 111 Å². The van der Waals surface area contributed by atoms with E-state index < -0.39 is 0 Å². The van der Waals surface area contributed by atoms with Crippen molar-refractivity contribution in [3.8, 4) is 0 Å². The van der Waals surface area contributed by atoms with Crippen LogP contribution in [0.15, 0.2) is 24.3 Å². The van der Waals surface area contributed by atoms with E-state index in [2.05, 4.69) is 45.1 Å². The molecule has 0 aliphatic carbocycles. The number of halogens is 1. The molecule has 1 aromatic carbocycles. The molecule has 0 aliphatic rings. The third kappa shape index (κ3) is 5.10. The number of rotatable bonds is 5. The van der Waals surface area contributed by atoms with E-state index in [0.29, 0.717) is 11.3 Å². The fourth-order valence-corrected chi connectivity index (χ4v) is 2.16. The van der Waals surface area contributed by atoms with E-state index in [4.69, 9.17) is 11.6 Å². The SMILES string of the molecule is CCNCC(Cc1cccc(Cl)c1)C(C)(C)C. The van der Waals surface area contributed by atoms with Crippen LogP contribution in [0.2, 0.25) is 5.02 Å². The molecule has 0 aromatic heterocycles. The lowest BCUT2D eigenvalue weighted by molar-refractivity contribution is 0.232. The summed E-state index contributed by atoms with van der Waals surface area (Å²) < 4.78 is 0. The molecule has 17 heavy (non-hydrogen) atoms. The van der Waals surface area contributed by atoms with Crippen molar-refractivity contribution in [3.05, 3.63) is 34.9 Å². The van der Waals surface area contributed by atoms with E-state index >= 15 is 0 Å². The maximum Gasteiger partial charge on any atom is 0.0408 e. The number of hydrogen-bond donors (Lipinski definition) is 1. The zero-order chi connectivity index (χ0) is 12.9. The first-order valence-electron chi connectivity index (χ1n) is 6.38. The topological polar surface area (TPSA) is 12.0 Å². The Morgan fingerprint density at radius 1 is 1.29 bits per heavy atom. The van der Waals surface area contributed by atoms with Crippen LogP contribution in [0.5, 0.6) is 0 Å². The van der Waals surface area contributed by atoms with Gasteiger partial charge in [0.15, 0.2) is 0 Å². The van der Waals surface area contributed by atoms with Crippen LogP contribution in [0.25, 0.3) is 0 Å². The molecule has 0 saturated carbocycles. The summed E-state index contributed by atoms with van der Waals surface area (Å²) in [6.45, 7) is 11.2. The highest BCUT2D eigenvalue weighted by Crippen LogP contribution is 2.29. The van der Waals surface area contributed by atoms with Crippen LogP contribution in [-0.2, 0) is 6.42 Å². The van der Waals surface area contributed by atoms with Gasteiger partial charge in [-0.3, -0.25) is 0 Å². The third-order valence-electron chi connectivity index (χ3n) is 3.24. The van der Waals surface area contributed by atoms with Crippen LogP contribution in [0.4, 0.5) is 0 Å². The highest BCUT2D eigenvalue weighted by atomic mass is 35.5. The molecule has 96 valence electrons. The Kier molecular flexibility index (Phi) is 5.48. The monoisotopic (exact) mass is 253 g/mol. The molecule has 1 nitrogen and oxygen atoms in total. The lowest BCUT2D eigenvalue weighted by Crippen LogP contribution is -2.33. The Bertz CT molecular complexity index is 341. The van der Waals surface area contributed by atoms with Gasteiger partial charge >= 0.3 is 0 Å². The van der Waals surface area contributed by atoms with Crippen molar-refractivity contribution in [2.24, 2.45) is 11.3 Å². The molecule has 1 atom stereocenters. The first kappa shape index (κ1) is 14.5. The first-order chi connectivity index (χ1) is 7.93. The van der Waals surface area contributed by atoms with Crippen molar-refractivity contribution in [2.45, 2.75) is 34.1 Å². The van der Waals surface area contributed by atoms with Gasteiger partial charge in [-0.1, -0.05) is 51.4 Å². The Hall–Kier alpha value is -0.530. The normalized spacial score (nSPS) is 13.7. The highest BCUT2D eigenvalue weighted by molar-refractivity contribution is 6.30. The summed E-state index contributed by atoms with van der Waals surface area (Å²) in [5, 5.41) is 4.29. The first-order valence-corrected chi connectivity index (χ1v) is 6.76. The van der Waals surface area contributed by atoms with Gasteiger partial charge in [0.25, 0.3) is 0 Å². The standard InChI is InChI=1S/C15H24ClN/c1-5-17-11-13(15(2,3)4)9-12-7-6-8-14(16)10-12/h6-8,10,13,17H,5,9,11H2,1-4H3. The van der Waals surface area contributed by atoms with E-state index in [1.54, 1.807) is 0 Å². The van der Waals surface area contributed by atoms with Crippen LogP contribution in [-0.4, -0.2) is 13.1 Å². The van der Waals surface area contributed by atoms with Crippen molar-refractivity contribution < 1.29 is 0 Å². The largest absolute Gasteiger partial charge is 0.317 e. The van der Waals surface area contributed by atoms with Crippen molar-refractivity contribution in [2.75, 3.05) is 13.1 Å². The Morgan fingerprint density at radius 3 is 2.53 bits per heavy atom. The molecule has 0 bridgehead atoms. The minimum Gasteiger partial charge on any atom is -0.317 e. The maximum atomic E-state index is 6.03. The van der Waals surface area contributed by atoms with Gasteiger partial charge in [-0.25, -0.2) is 0 Å². The average molecular weight is 254 g/mol. The molecule has 0 aliphatic heterocycles. The zero-order valence-corrected chi connectivity index (χ0v) is 12.1. The molecule has 0 amide bonds. The molecule has 1 aromatic rings. The summed E-state index contributed by atoms with van der Waals surface area (Å²) in [6, 6.07) is 8.20. The minimum absolute atomic E-state index is 0.310. The summed E-state index contributed by atoms with van der Waals surface area (Å²) in [6.07, 6.45) is 1.08. The number of nitrogens with one attached hydrogen (secondary N) is 1. The Morgan fingerprint density at radius 2 is 2.00 bits per heavy atom. The quantitative estimate of drug-likeness (QED) is 0.831. The lowest BCUT2D eigenvalue weighted by Gasteiger charge is -2.31. The smallest absolute Gasteiger partial charge is 0.0408 e. The van der Waals surface area contributed by atoms with E-state index in [0.717, 1.165) is 24.5 Å². The third-order valence-corrected chi connectivity index (χ3v) is 3.47. The van der Waals surface area contributed by atoms with Gasteiger partial charge in [-0.2, -0.15) is 0 Å². The molecule has 2 heteroatoms. The predicted molar refractivity (Wildman–Crippen MR) is 76.6 cm³/mol. The summed E-state index contributed by atoms with van der Waals surface area (Å²) >= 11 is 6.03. The van der Waals surface area contributed by atoms with Crippen LogP contribution in [0.1, 0.15) is 33.3 Å². The molecule has 0 radical (unpaired) electrons. The van der Waals surface area contributed by atoms with E-state index in [9.17, 15) is 0 Å². The lowest BCUT2D eigenvalue weighted by atomic mass is 9.77. The Balaban J connectivity index is 2.72. The van der Waals surface area contributed by atoms with Crippen molar-refractivity contribution in [1.82, 2.24) is 5.32 Å². The van der Waals surface area contributed by atoms with Gasteiger partial charge in [0.05, 0.1) is 0 Å². The van der Waals surface area contributed by atoms with Crippen molar-refractivity contribution in [1.29, 1.82) is 0 Å². The summed E-state index contributed by atoms with van der Waals surface area (Å²) in [5.41, 5.74) is 1.64. The van der Waals surface area contributed by atoms with E-state index in [-0.39, 0.29) is 0 Å². The van der Waals surface area contributed by atoms with Gasteiger partial charge < -0.3 is 5.32 Å². The summed E-state index contributed by atoms with van der Waals surface area (Å²) in [5.74, 6) is 0.626. The van der Waals surface area contributed by atoms with E-state index in [1.807, 2.05) is 12.1 Å². The van der Waals surface area contributed by atoms with Gasteiger partial charge in [0.1, 0.15) is 0 Å². The molecule has 0 saturated heterocycles. The van der Waals surface area contributed by atoms with Gasteiger partial charge in [-0.15, -0.1) is 0 Å². The second kappa shape index (κ2) is 6.42. The van der Waals surface area contributed by atoms with Crippen LogP contribution in [0, 0.1) is 11.3 Å². The molecular formula is C15H24ClN. The van der Waals surface area contributed by atoms with E-state index in [1.165, 1.54) is 5.56 Å². The predicted octanol–water partition coefficient (Wildman–Crippen LogP) is 4.15. The summed E-state index contributed by atoms with van der Waals surface area (Å²) in [7, 11) is 0. The average Bonchev–Trinajstić information content (AvgIpc) is 2.22. The minimum atomic E-state index is 0.310. The molecule has 0 fully saturated rings. The maximum absolute atomic E-state index is 6.03. The fraction of sp³-hybridized carbons (Fsp3) is 0.600. The van der Waals surface area contributed by atoms with Gasteiger partial charge in [0, 0.05) is 5.02 Å². The number of hydrogen-bond acceptors (Lipinski definition) is 1. The molecule has 1 unspecified atom stereocenters. The second-order valence-electron chi connectivity index (χ2n) is 5.70. The van der Waals surface area contributed by atoms with Crippen LogP contribution < -0.4 is 5.32 Å². The molecule has 1 rings (SSSR count). The number of benzene rings is 1. The molecule has 0 spiro atoms. The zero-order valence-electron chi connectivity index (χ0n) is 11.4. The van der Waals surface area contributed by atoms with Crippen LogP contribution >= 0.6 is 11.6 Å². The molecule has 1 N–H and O–H groups in total. The summed E-state index contributed by atoms with van der Waals surface area (Å²) in [4.78, 5) is 0. The molecule has 0 heterocycles.